The molecule has 0 bridgehead atoms. The number of hydrogen-bond donors (Lipinski definition) is 1. The Kier molecular flexibility index (Phi) is 5.51. The molecule has 7 nitrogen and oxygen atoms in total. The summed E-state index contributed by atoms with van der Waals surface area (Å²) in [6.07, 6.45) is 5.93. The minimum atomic E-state index is 0.0757. The van der Waals surface area contributed by atoms with Gasteiger partial charge in [0, 0.05) is 36.0 Å². The van der Waals surface area contributed by atoms with Gasteiger partial charge in [0.25, 0.3) is 0 Å². The van der Waals surface area contributed by atoms with E-state index in [-0.39, 0.29) is 11.8 Å². The van der Waals surface area contributed by atoms with E-state index in [9.17, 15) is 4.79 Å². The van der Waals surface area contributed by atoms with Gasteiger partial charge in [0.2, 0.25) is 5.91 Å². The van der Waals surface area contributed by atoms with Crippen molar-refractivity contribution in [3.63, 3.8) is 0 Å². The van der Waals surface area contributed by atoms with Gasteiger partial charge in [0.05, 0.1) is 24.4 Å². The molecule has 2 aromatic carbocycles. The first-order valence-electron chi connectivity index (χ1n) is 13.1. The summed E-state index contributed by atoms with van der Waals surface area (Å²) in [7, 11) is 0. The zero-order chi connectivity index (χ0) is 24.8. The number of nitrogens with zero attached hydrogens (tertiary/aromatic N) is 3. The third-order valence-corrected chi connectivity index (χ3v) is 7.67. The van der Waals surface area contributed by atoms with E-state index in [0.717, 1.165) is 88.6 Å². The molecule has 7 heteroatoms. The Morgan fingerprint density at radius 1 is 0.946 bits per heavy atom. The standard InChI is InChI=1S/C30H28N4O3/c35-30(19-5-1-2-6-19)33-26-18-21(11-12-31-26)20-9-10-24-23(17-20)28(34-13-15-36-16-14-34)29-27(32-24)22-7-3-4-8-25(22)37-29/h3-4,7-12,17-19H,1-2,5-6,13-16H2,(H,31,33,35). The number of amides is 1. The largest absolute Gasteiger partial charge is 0.452 e. The van der Waals surface area contributed by atoms with Crippen molar-refractivity contribution in [1.29, 1.82) is 0 Å². The Morgan fingerprint density at radius 2 is 1.76 bits per heavy atom. The molecular formula is C30H28N4O3. The molecule has 0 spiro atoms. The van der Waals surface area contributed by atoms with Crippen molar-refractivity contribution in [2.75, 3.05) is 36.5 Å². The number of ether oxygens (including phenoxy) is 1. The van der Waals surface area contributed by atoms with E-state index in [1.165, 1.54) is 0 Å². The van der Waals surface area contributed by atoms with Crippen LogP contribution in [-0.2, 0) is 9.53 Å². The van der Waals surface area contributed by atoms with Crippen LogP contribution in [-0.4, -0.2) is 42.2 Å². The van der Waals surface area contributed by atoms with E-state index in [1.54, 1.807) is 6.20 Å². The lowest BCUT2D eigenvalue weighted by Crippen LogP contribution is -2.36. The van der Waals surface area contributed by atoms with Crippen LogP contribution < -0.4 is 10.2 Å². The maximum Gasteiger partial charge on any atom is 0.228 e. The average Bonchev–Trinajstić information content (AvgIpc) is 3.61. The molecule has 1 N–H and O–H groups in total. The van der Waals surface area contributed by atoms with Crippen LogP contribution in [0.15, 0.2) is 65.2 Å². The van der Waals surface area contributed by atoms with E-state index < -0.39 is 0 Å². The zero-order valence-electron chi connectivity index (χ0n) is 20.6. The predicted molar refractivity (Wildman–Crippen MR) is 146 cm³/mol. The molecule has 1 amide bonds. The lowest BCUT2D eigenvalue weighted by atomic mass is 10.0. The lowest BCUT2D eigenvalue weighted by molar-refractivity contribution is -0.119. The molecule has 1 aliphatic carbocycles. The number of hydrogen-bond acceptors (Lipinski definition) is 6. The van der Waals surface area contributed by atoms with E-state index in [1.807, 2.05) is 30.3 Å². The van der Waals surface area contributed by atoms with Gasteiger partial charge in [-0.1, -0.05) is 31.0 Å². The SMILES string of the molecule is O=C(Nc1cc(-c2ccc3nc4c(oc5ccccc54)c(N4CCOCC4)c3c2)ccn1)C1CCCC1. The second kappa shape index (κ2) is 9.16. The van der Waals surface area contributed by atoms with E-state index in [4.69, 9.17) is 14.1 Å². The Bertz CT molecular complexity index is 1630. The molecule has 3 aromatic heterocycles. The molecule has 1 saturated carbocycles. The fraction of sp³-hybridized carbons (Fsp3) is 0.300. The van der Waals surface area contributed by atoms with Gasteiger partial charge in [-0.2, -0.15) is 0 Å². The summed E-state index contributed by atoms with van der Waals surface area (Å²) in [5.74, 6) is 0.764. The molecule has 0 radical (unpaired) electrons. The maximum absolute atomic E-state index is 12.7. The van der Waals surface area contributed by atoms with Crippen LogP contribution in [0.4, 0.5) is 11.5 Å². The first kappa shape index (κ1) is 22.2. The van der Waals surface area contributed by atoms with Crippen LogP contribution >= 0.6 is 0 Å². The number of anilines is 2. The zero-order valence-corrected chi connectivity index (χ0v) is 20.6. The number of nitrogens with one attached hydrogen (secondary N) is 1. The van der Waals surface area contributed by atoms with E-state index in [0.29, 0.717) is 19.0 Å². The molecule has 4 heterocycles. The number of fused-ring (bicyclic) bond motifs is 4. The van der Waals surface area contributed by atoms with Crippen molar-refractivity contribution in [3.8, 4) is 11.1 Å². The average molecular weight is 493 g/mol. The molecule has 1 aliphatic heterocycles. The normalized spacial score (nSPS) is 16.7. The second-order valence-corrected chi connectivity index (χ2v) is 9.97. The van der Waals surface area contributed by atoms with Crippen LogP contribution in [0.2, 0.25) is 0 Å². The van der Waals surface area contributed by atoms with E-state index in [2.05, 4.69) is 39.5 Å². The van der Waals surface area contributed by atoms with Crippen LogP contribution in [0.5, 0.6) is 0 Å². The third kappa shape index (κ3) is 4.00. The monoisotopic (exact) mass is 492 g/mol. The summed E-state index contributed by atoms with van der Waals surface area (Å²) in [4.78, 5) is 24.5. The summed E-state index contributed by atoms with van der Waals surface area (Å²) in [5, 5.41) is 5.10. The van der Waals surface area contributed by atoms with Crippen molar-refractivity contribution in [3.05, 3.63) is 60.8 Å². The Labute approximate surface area is 214 Å². The molecule has 2 aliphatic rings. The van der Waals surface area contributed by atoms with Gasteiger partial charge in [-0.3, -0.25) is 4.79 Å². The van der Waals surface area contributed by atoms with Crippen LogP contribution in [0.3, 0.4) is 0 Å². The number of carbonyl (C=O) groups excluding carboxylic acids is 1. The molecule has 186 valence electrons. The van der Waals surface area contributed by atoms with Gasteiger partial charge in [0.15, 0.2) is 5.58 Å². The number of pyridine rings is 2. The number of aromatic nitrogens is 2. The van der Waals surface area contributed by atoms with Crippen molar-refractivity contribution < 1.29 is 13.9 Å². The molecule has 0 atom stereocenters. The van der Waals surface area contributed by atoms with Crippen LogP contribution in [0, 0.1) is 5.92 Å². The van der Waals surface area contributed by atoms with Crippen molar-refractivity contribution in [1.82, 2.24) is 9.97 Å². The molecule has 1 saturated heterocycles. The highest BCUT2D eigenvalue weighted by atomic mass is 16.5. The number of benzene rings is 2. The lowest BCUT2D eigenvalue weighted by Gasteiger charge is -2.29. The topological polar surface area (TPSA) is 80.5 Å². The molecule has 0 unspecified atom stereocenters. The first-order chi connectivity index (χ1) is 18.2. The number of rotatable bonds is 4. The molecular weight excluding hydrogens is 464 g/mol. The maximum atomic E-state index is 12.7. The highest BCUT2D eigenvalue weighted by Crippen LogP contribution is 2.40. The summed E-state index contributed by atoms with van der Waals surface area (Å²) in [5.41, 5.74) is 6.56. The Hall–Kier alpha value is -3.97. The van der Waals surface area contributed by atoms with Crippen molar-refractivity contribution in [2.24, 2.45) is 5.92 Å². The van der Waals surface area contributed by atoms with Crippen molar-refractivity contribution >= 4 is 50.4 Å². The van der Waals surface area contributed by atoms with Gasteiger partial charge in [-0.25, -0.2) is 9.97 Å². The predicted octanol–water partition coefficient (Wildman–Crippen LogP) is 6.16. The molecule has 7 rings (SSSR count). The number of para-hydroxylation sites is 1. The summed E-state index contributed by atoms with van der Waals surface area (Å²) >= 11 is 0. The minimum absolute atomic E-state index is 0.0757. The van der Waals surface area contributed by atoms with Crippen molar-refractivity contribution in [2.45, 2.75) is 25.7 Å². The van der Waals surface area contributed by atoms with E-state index >= 15 is 0 Å². The molecule has 37 heavy (non-hydrogen) atoms. The minimum Gasteiger partial charge on any atom is -0.452 e. The fourth-order valence-electron chi connectivity index (χ4n) is 5.74. The van der Waals surface area contributed by atoms with Gasteiger partial charge in [-0.15, -0.1) is 0 Å². The quantitative estimate of drug-likeness (QED) is 0.324. The van der Waals surface area contributed by atoms with Gasteiger partial charge < -0.3 is 19.4 Å². The summed E-state index contributed by atoms with van der Waals surface area (Å²) in [6.45, 7) is 2.95. The van der Waals surface area contributed by atoms with Crippen LogP contribution in [0.25, 0.3) is 44.1 Å². The summed E-state index contributed by atoms with van der Waals surface area (Å²) < 4.78 is 12.0. The third-order valence-electron chi connectivity index (χ3n) is 7.67. The van der Waals surface area contributed by atoms with Crippen LogP contribution in [0.1, 0.15) is 25.7 Å². The Morgan fingerprint density at radius 3 is 2.62 bits per heavy atom. The first-order valence-corrected chi connectivity index (χ1v) is 13.1. The van der Waals surface area contributed by atoms with Gasteiger partial charge in [-0.05, 0) is 60.4 Å². The Balaban J connectivity index is 1.34. The highest BCUT2D eigenvalue weighted by Gasteiger charge is 2.24. The number of carbonyl (C=O) groups is 1. The fourth-order valence-corrected chi connectivity index (χ4v) is 5.74. The molecule has 5 aromatic rings. The second-order valence-electron chi connectivity index (χ2n) is 9.97. The molecule has 2 fully saturated rings. The number of morpholine rings is 1. The van der Waals surface area contributed by atoms with Gasteiger partial charge >= 0.3 is 0 Å². The summed E-state index contributed by atoms with van der Waals surface area (Å²) in [6, 6.07) is 18.3. The smallest absolute Gasteiger partial charge is 0.228 e. The highest BCUT2D eigenvalue weighted by molar-refractivity contribution is 6.14. The van der Waals surface area contributed by atoms with Gasteiger partial charge in [0.1, 0.15) is 16.9 Å². The number of furan rings is 1.